The molecular weight excluding hydrogens is 329 g/mol. The molecule has 1 aliphatic rings. The molecule has 4 nitrogen and oxygen atoms in total. The molecule has 0 saturated carbocycles. The van der Waals surface area contributed by atoms with Crippen molar-refractivity contribution in [2.75, 3.05) is 6.54 Å². The van der Waals surface area contributed by atoms with E-state index in [1.165, 1.54) is 12.1 Å². The summed E-state index contributed by atoms with van der Waals surface area (Å²) in [6.45, 7) is 1.49. The van der Waals surface area contributed by atoms with E-state index in [0.717, 1.165) is 47.6 Å². The van der Waals surface area contributed by atoms with Crippen LogP contribution in [-0.2, 0) is 19.1 Å². The molecule has 1 aromatic carbocycles. The van der Waals surface area contributed by atoms with Crippen molar-refractivity contribution in [3.63, 3.8) is 0 Å². The summed E-state index contributed by atoms with van der Waals surface area (Å²) in [6.07, 6.45) is -0.133. The van der Waals surface area contributed by atoms with E-state index in [1.54, 1.807) is 17.1 Å². The van der Waals surface area contributed by atoms with Gasteiger partial charge in [0.1, 0.15) is 0 Å². The highest BCUT2D eigenvalue weighted by molar-refractivity contribution is 5.64. The standard InChI is InChI=1S/C18H15F3N4/c19-18(20,21)13-3-5-14(6-4-13)25-16-7-9-23-11-15(16)17(24-25)12-2-1-8-22-10-12/h1-6,8,10,23H,7,9,11H2. The van der Waals surface area contributed by atoms with Gasteiger partial charge in [-0.2, -0.15) is 18.3 Å². The molecule has 3 aromatic rings. The van der Waals surface area contributed by atoms with E-state index in [4.69, 9.17) is 0 Å². The van der Waals surface area contributed by atoms with E-state index in [-0.39, 0.29) is 0 Å². The number of fused-ring (bicyclic) bond motifs is 1. The number of nitrogens with one attached hydrogen (secondary N) is 1. The summed E-state index contributed by atoms with van der Waals surface area (Å²) in [5.74, 6) is 0. The highest BCUT2D eigenvalue weighted by Gasteiger charge is 2.30. The van der Waals surface area contributed by atoms with Crippen LogP contribution in [0, 0.1) is 0 Å². The Bertz CT molecular complexity index is 883. The minimum Gasteiger partial charge on any atom is -0.312 e. The first-order valence-electron chi connectivity index (χ1n) is 7.93. The predicted octanol–water partition coefficient (Wildman–Crippen LogP) is 3.60. The summed E-state index contributed by atoms with van der Waals surface area (Å²) in [4.78, 5) is 4.14. The molecule has 0 bridgehead atoms. The smallest absolute Gasteiger partial charge is 0.312 e. The predicted molar refractivity (Wildman–Crippen MR) is 87.2 cm³/mol. The molecule has 0 radical (unpaired) electrons. The monoisotopic (exact) mass is 344 g/mol. The van der Waals surface area contributed by atoms with E-state index in [9.17, 15) is 13.2 Å². The number of hydrogen-bond acceptors (Lipinski definition) is 3. The summed E-state index contributed by atoms with van der Waals surface area (Å²) in [6, 6.07) is 8.88. The maximum Gasteiger partial charge on any atom is 0.416 e. The van der Waals surface area contributed by atoms with Crippen LogP contribution in [0.1, 0.15) is 16.8 Å². The fourth-order valence-corrected chi connectivity index (χ4v) is 3.09. The zero-order valence-corrected chi connectivity index (χ0v) is 13.2. The van der Waals surface area contributed by atoms with Crippen molar-refractivity contribution < 1.29 is 13.2 Å². The van der Waals surface area contributed by atoms with Gasteiger partial charge in [0.15, 0.2) is 0 Å². The Hall–Kier alpha value is -2.67. The van der Waals surface area contributed by atoms with Gasteiger partial charge >= 0.3 is 6.18 Å². The van der Waals surface area contributed by atoms with Gasteiger partial charge in [-0.05, 0) is 36.4 Å². The van der Waals surface area contributed by atoms with Gasteiger partial charge < -0.3 is 5.32 Å². The van der Waals surface area contributed by atoms with Crippen LogP contribution in [-0.4, -0.2) is 21.3 Å². The fraction of sp³-hybridized carbons (Fsp3) is 0.222. The number of rotatable bonds is 2. The molecule has 1 aliphatic heterocycles. The van der Waals surface area contributed by atoms with Gasteiger partial charge in [0.05, 0.1) is 22.6 Å². The Labute approximate surface area is 142 Å². The lowest BCUT2D eigenvalue weighted by atomic mass is 10.0. The minimum atomic E-state index is -4.34. The molecule has 1 N–H and O–H groups in total. The lowest BCUT2D eigenvalue weighted by Crippen LogP contribution is -2.24. The van der Waals surface area contributed by atoms with Crippen molar-refractivity contribution in [1.29, 1.82) is 0 Å². The molecule has 0 atom stereocenters. The minimum absolute atomic E-state index is 0.626. The van der Waals surface area contributed by atoms with Gasteiger partial charge in [0.2, 0.25) is 0 Å². The maximum atomic E-state index is 12.8. The average molecular weight is 344 g/mol. The Morgan fingerprint density at radius 3 is 2.56 bits per heavy atom. The topological polar surface area (TPSA) is 42.7 Å². The van der Waals surface area contributed by atoms with Crippen molar-refractivity contribution in [2.45, 2.75) is 19.1 Å². The highest BCUT2D eigenvalue weighted by Crippen LogP contribution is 2.32. The molecule has 3 heterocycles. The van der Waals surface area contributed by atoms with Gasteiger partial charge in [-0.3, -0.25) is 4.98 Å². The molecule has 0 fully saturated rings. The second-order valence-electron chi connectivity index (χ2n) is 5.90. The lowest BCUT2D eigenvalue weighted by molar-refractivity contribution is -0.137. The summed E-state index contributed by atoms with van der Waals surface area (Å²) in [5.41, 5.74) is 3.77. The zero-order chi connectivity index (χ0) is 17.4. The maximum absolute atomic E-state index is 12.8. The molecule has 0 saturated heterocycles. The third-order valence-electron chi connectivity index (χ3n) is 4.30. The van der Waals surface area contributed by atoms with Crippen LogP contribution in [0.5, 0.6) is 0 Å². The summed E-state index contributed by atoms with van der Waals surface area (Å²) >= 11 is 0. The molecule has 4 rings (SSSR count). The van der Waals surface area contributed by atoms with Crippen LogP contribution in [0.4, 0.5) is 13.2 Å². The quantitative estimate of drug-likeness (QED) is 0.772. The largest absolute Gasteiger partial charge is 0.416 e. The second-order valence-corrected chi connectivity index (χ2v) is 5.90. The summed E-state index contributed by atoms with van der Waals surface area (Å²) in [5, 5.41) is 8.00. The molecule has 25 heavy (non-hydrogen) atoms. The van der Waals surface area contributed by atoms with E-state index < -0.39 is 11.7 Å². The molecule has 2 aromatic heterocycles. The van der Waals surface area contributed by atoms with Crippen LogP contribution in [0.2, 0.25) is 0 Å². The summed E-state index contributed by atoms with van der Waals surface area (Å²) in [7, 11) is 0. The second kappa shape index (κ2) is 6.00. The number of aromatic nitrogens is 3. The molecule has 0 aliphatic carbocycles. The first-order chi connectivity index (χ1) is 12.0. The zero-order valence-electron chi connectivity index (χ0n) is 13.2. The van der Waals surface area contributed by atoms with Crippen LogP contribution in [0.3, 0.4) is 0 Å². The van der Waals surface area contributed by atoms with Crippen LogP contribution >= 0.6 is 0 Å². The lowest BCUT2D eigenvalue weighted by Gasteiger charge is -2.16. The molecular formula is C18H15F3N4. The van der Waals surface area contributed by atoms with E-state index in [2.05, 4.69) is 15.4 Å². The number of halogens is 3. The van der Waals surface area contributed by atoms with Crippen molar-refractivity contribution >= 4 is 0 Å². The first kappa shape index (κ1) is 15.8. The van der Waals surface area contributed by atoms with E-state index in [1.807, 2.05) is 12.1 Å². The Kier molecular flexibility index (Phi) is 3.80. The van der Waals surface area contributed by atoms with Crippen molar-refractivity contribution in [3.8, 4) is 16.9 Å². The van der Waals surface area contributed by atoms with Crippen molar-refractivity contribution in [3.05, 3.63) is 65.6 Å². The Balaban J connectivity index is 1.81. The first-order valence-corrected chi connectivity index (χ1v) is 7.93. The third-order valence-corrected chi connectivity index (χ3v) is 4.30. The van der Waals surface area contributed by atoms with Gasteiger partial charge in [-0.15, -0.1) is 0 Å². The Morgan fingerprint density at radius 1 is 1.08 bits per heavy atom. The number of hydrogen-bond donors (Lipinski definition) is 1. The van der Waals surface area contributed by atoms with Gasteiger partial charge in [-0.25, -0.2) is 4.68 Å². The van der Waals surface area contributed by atoms with Crippen LogP contribution in [0.15, 0.2) is 48.8 Å². The van der Waals surface area contributed by atoms with Crippen molar-refractivity contribution in [1.82, 2.24) is 20.1 Å². The van der Waals surface area contributed by atoms with E-state index >= 15 is 0 Å². The number of nitrogens with zero attached hydrogens (tertiary/aromatic N) is 3. The molecule has 128 valence electrons. The highest BCUT2D eigenvalue weighted by atomic mass is 19.4. The SMILES string of the molecule is FC(F)(F)c1ccc(-n2nc(-c3cccnc3)c3c2CCNC3)cc1. The molecule has 0 unspecified atom stereocenters. The number of benzene rings is 1. The molecule has 7 heteroatoms. The Morgan fingerprint density at radius 2 is 1.88 bits per heavy atom. The van der Waals surface area contributed by atoms with E-state index in [0.29, 0.717) is 12.2 Å². The number of pyridine rings is 1. The van der Waals surface area contributed by atoms with Gasteiger partial charge in [-0.1, -0.05) is 0 Å². The van der Waals surface area contributed by atoms with Gasteiger partial charge in [0, 0.05) is 43.0 Å². The van der Waals surface area contributed by atoms with Gasteiger partial charge in [0.25, 0.3) is 0 Å². The number of alkyl halides is 3. The average Bonchev–Trinajstić information content (AvgIpc) is 3.02. The van der Waals surface area contributed by atoms with Crippen molar-refractivity contribution in [2.24, 2.45) is 0 Å². The third kappa shape index (κ3) is 2.91. The normalized spacial score (nSPS) is 14.4. The van der Waals surface area contributed by atoms with Crippen LogP contribution in [0.25, 0.3) is 16.9 Å². The van der Waals surface area contributed by atoms with Crippen LogP contribution < -0.4 is 5.32 Å². The fourth-order valence-electron chi connectivity index (χ4n) is 3.09. The molecule has 0 amide bonds. The summed E-state index contributed by atoms with van der Waals surface area (Å²) < 4.78 is 40.1. The molecule has 0 spiro atoms.